The van der Waals surface area contributed by atoms with E-state index in [1.54, 1.807) is 19.1 Å². The Labute approximate surface area is 85.5 Å². The van der Waals surface area contributed by atoms with Crippen LogP contribution in [-0.4, -0.2) is 0 Å². The van der Waals surface area contributed by atoms with Gasteiger partial charge in [-0.1, -0.05) is 6.07 Å². The summed E-state index contributed by atoms with van der Waals surface area (Å²) in [6, 6.07) is 5.41. The Morgan fingerprint density at radius 2 is 1.93 bits per heavy atom. The van der Waals surface area contributed by atoms with Crippen LogP contribution < -0.4 is 0 Å². The van der Waals surface area contributed by atoms with Crippen LogP contribution in [-0.2, 0) is 6.18 Å². The van der Waals surface area contributed by atoms with Gasteiger partial charge in [-0.25, -0.2) is 0 Å². The lowest BCUT2D eigenvalue weighted by atomic mass is 10.1. The summed E-state index contributed by atoms with van der Waals surface area (Å²) in [5.74, 6) is 0. The van der Waals surface area contributed by atoms with Crippen LogP contribution in [0.3, 0.4) is 0 Å². The molecule has 0 aromatic heterocycles. The van der Waals surface area contributed by atoms with Gasteiger partial charge in [-0.3, -0.25) is 0 Å². The van der Waals surface area contributed by atoms with Crippen molar-refractivity contribution in [2.75, 3.05) is 0 Å². The molecule has 0 aliphatic carbocycles. The number of nitrogens with zero attached hydrogens (tertiary/aromatic N) is 1. The summed E-state index contributed by atoms with van der Waals surface area (Å²) in [4.78, 5) is 0. The highest BCUT2D eigenvalue weighted by atomic mass is 19.4. The highest BCUT2D eigenvalue weighted by Crippen LogP contribution is 2.30. The highest BCUT2D eigenvalue weighted by Gasteiger charge is 2.30. The second kappa shape index (κ2) is 4.18. The molecule has 0 spiro atoms. The normalized spacial score (nSPS) is 11.7. The van der Waals surface area contributed by atoms with Crippen LogP contribution in [0.15, 0.2) is 24.3 Å². The number of rotatable bonds is 1. The molecule has 0 saturated carbocycles. The molecule has 0 aliphatic rings. The molecule has 0 heterocycles. The maximum atomic E-state index is 12.4. The first-order valence-electron chi connectivity index (χ1n) is 4.18. The number of allylic oxidation sites excluding steroid dienone is 1. The Morgan fingerprint density at radius 1 is 1.27 bits per heavy atom. The Morgan fingerprint density at radius 3 is 2.47 bits per heavy atom. The Kier molecular flexibility index (Phi) is 3.15. The van der Waals surface area contributed by atoms with Crippen molar-refractivity contribution in [3.05, 3.63) is 41.0 Å². The molecule has 0 radical (unpaired) electrons. The van der Waals surface area contributed by atoms with Gasteiger partial charge in [0.1, 0.15) is 0 Å². The standard InChI is InChI=1S/C11H8F3N/c1-8-5-9(3-2-4-15)7-10(6-8)11(12,13)14/h2-3,5-7H,1H3/b3-2+. The van der Waals surface area contributed by atoms with Crippen LogP contribution >= 0.6 is 0 Å². The van der Waals surface area contributed by atoms with E-state index >= 15 is 0 Å². The summed E-state index contributed by atoms with van der Waals surface area (Å²) >= 11 is 0. The molecule has 0 atom stereocenters. The maximum absolute atomic E-state index is 12.4. The first kappa shape index (κ1) is 11.3. The lowest BCUT2D eigenvalue weighted by molar-refractivity contribution is -0.137. The van der Waals surface area contributed by atoms with Crippen LogP contribution in [0.5, 0.6) is 0 Å². The van der Waals surface area contributed by atoms with Gasteiger partial charge in [0.25, 0.3) is 0 Å². The van der Waals surface area contributed by atoms with Gasteiger partial charge in [0, 0.05) is 6.08 Å². The second-order valence-electron chi connectivity index (χ2n) is 3.09. The van der Waals surface area contributed by atoms with Crippen LogP contribution in [0.2, 0.25) is 0 Å². The fraction of sp³-hybridized carbons (Fsp3) is 0.182. The van der Waals surface area contributed by atoms with Gasteiger partial charge >= 0.3 is 6.18 Å². The van der Waals surface area contributed by atoms with Crippen molar-refractivity contribution in [1.82, 2.24) is 0 Å². The third kappa shape index (κ3) is 3.13. The molecule has 1 nitrogen and oxygen atoms in total. The summed E-state index contributed by atoms with van der Waals surface area (Å²) in [7, 11) is 0. The van der Waals surface area contributed by atoms with Crippen LogP contribution in [0.1, 0.15) is 16.7 Å². The molecular formula is C11H8F3N. The van der Waals surface area contributed by atoms with E-state index in [4.69, 9.17) is 5.26 Å². The minimum atomic E-state index is -4.35. The highest BCUT2D eigenvalue weighted by molar-refractivity contribution is 5.54. The average Bonchev–Trinajstić information content (AvgIpc) is 2.12. The zero-order valence-corrected chi connectivity index (χ0v) is 7.97. The van der Waals surface area contributed by atoms with Crippen molar-refractivity contribution in [3.63, 3.8) is 0 Å². The van der Waals surface area contributed by atoms with E-state index in [9.17, 15) is 13.2 Å². The first-order chi connectivity index (χ1) is 6.93. The molecule has 15 heavy (non-hydrogen) atoms. The van der Waals surface area contributed by atoms with Crippen LogP contribution in [0.4, 0.5) is 13.2 Å². The van der Waals surface area contributed by atoms with E-state index in [0.29, 0.717) is 11.1 Å². The lowest BCUT2D eigenvalue weighted by Gasteiger charge is -2.08. The van der Waals surface area contributed by atoms with Crippen molar-refractivity contribution < 1.29 is 13.2 Å². The number of nitriles is 1. The summed E-state index contributed by atoms with van der Waals surface area (Å²) in [6.07, 6.45) is -1.85. The predicted octanol–water partition coefficient (Wildman–Crippen LogP) is 3.55. The van der Waals surface area contributed by atoms with E-state index in [1.165, 1.54) is 6.08 Å². The third-order valence-electron chi connectivity index (χ3n) is 1.78. The number of halogens is 3. The molecule has 78 valence electrons. The largest absolute Gasteiger partial charge is 0.416 e. The van der Waals surface area contributed by atoms with Gasteiger partial charge in [0.2, 0.25) is 0 Å². The molecule has 1 aromatic rings. The molecule has 0 saturated heterocycles. The fourth-order valence-corrected chi connectivity index (χ4v) is 1.21. The van der Waals surface area contributed by atoms with E-state index in [0.717, 1.165) is 18.2 Å². The predicted molar refractivity (Wildman–Crippen MR) is 50.8 cm³/mol. The number of hydrogen-bond donors (Lipinski definition) is 0. The lowest BCUT2D eigenvalue weighted by Crippen LogP contribution is -2.05. The molecule has 0 fully saturated rings. The van der Waals surface area contributed by atoms with Crippen LogP contribution in [0.25, 0.3) is 6.08 Å². The molecule has 1 aromatic carbocycles. The zero-order chi connectivity index (χ0) is 11.5. The first-order valence-corrected chi connectivity index (χ1v) is 4.18. The third-order valence-corrected chi connectivity index (χ3v) is 1.78. The SMILES string of the molecule is Cc1cc(/C=C/C#N)cc(C(F)(F)F)c1. The summed E-state index contributed by atoms with van der Waals surface area (Å²) in [5, 5.41) is 8.27. The molecule has 0 amide bonds. The topological polar surface area (TPSA) is 23.8 Å². The zero-order valence-electron chi connectivity index (χ0n) is 7.97. The van der Waals surface area contributed by atoms with E-state index < -0.39 is 11.7 Å². The number of hydrogen-bond acceptors (Lipinski definition) is 1. The molecule has 0 N–H and O–H groups in total. The Bertz CT molecular complexity index is 424. The van der Waals surface area contributed by atoms with Crippen LogP contribution in [0, 0.1) is 18.3 Å². The summed E-state index contributed by atoms with van der Waals surface area (Å²) < 4.78 is 37.1. The number of alkyl halides is 3. The van der Waals surface area contributed by atoms with Gasteiger partial charge in [0.15, 0.2) is 0 Å². The van der Waals surface area contributed by atoms with Crippen molar-refractivity contribution >= 4 is 6.08 Å². The number of benzene rings is 1. The Balaban J connectivity index is 3.18. The summed E-state index contributed by atoms with van der Waals surface area (Å²) in [6.45, 7) is 1.58. The molecule has 0 bridgehead atoms. The van der Waals surface area contributed by atoms with E-state index in [1.807, 2.05) is 0 Å². The van der Waals surface area contributed by atoms with Gasteiger partial charge in [0.05, 0.1) is 11.6 Å². The second-order valence-corrected chi connectivity index (χ2v) is 3.09. The average molecular weight is 211 g/mol. The van der Waals surface area contributed by atoms with Crippen molar-refractivity contribution in [3.8, 4) is 6.07 Å². The monoisotopic (exact) mass is 211 g/mol. The van der Waals surface area contributed by atoms with E-state index in [-0.39, 0.29) is 0 Å². The maximum Gasteiger partial charge on any atom is 0.416 e. The quantitative estimate of drug-likeness (QED) is 0.651. The van der Waals surface area contributed by atoms with Gasteiger partial charge in [-0.15, -0.1) is 0 Å². The molecule has 1 rings (SSSR count). The fourth-order valence-electron chi connectivity index (χ4n) is 1.21. The van der Waals surface area contributed by atoms with Crippen molar-refractivity contribution in [1.29, 1.82) is 5.26 Å². The van der Waals surface area contributed by atoms with Crippen molar-refractivity contribution in [2.45, 2.75) is 13.1 Å². The minimum absolute atomic E-state index is 0.379. The smallest absolute Gasteiger partial charge is 0.193 e. The van der Waals surface area contributed by atoms with Gasteiger partial charge in [-0.05, 0) is 36.3 Å². The molecular weight excluding hydrogens is 203 g/mol. The molecule has 0 unspecified atom stereocenters. The Hall–Kier alpha value is -1.76. The summed E-state index contributed by atoms with van der Waals surface area (Å²) in [5.41, 5.74) is 0.200. The van der Waals surface area contributed by atoms with Crippen molar-refractivity contribution in [2.24, 2.45) is 0 Å². The molecule has 0 aliphatic heterocycles. The van der Waals surface area contributed by atoms with Gasteiger partial charge in [-0.2, -0.15) is 18.4 Å². The van der Waals surface area contributed by atoms with E-state index in [2.05, 4.69) is 0 Å². The molecule has 4 heteroatoms. The van der Waals surface area contributed by atoms with Gasteiger partial charge < -0.3 is 0 Å². The minimum Gasteiger partial charge on any atom is -0.193 e. The number of aryl methyl sites for hydroxylation is 1.